The van der Waals surface area contributed by atoms with Gasteiger partial charge in [-0.15, -0.1) is 0 Å². The number of fused-ring (bicyclic) bond motifs is 1. The minimum absolute atomic E-state index is 0.284. The fraction of sp³-hybridized carbons (Fsp3) is 0.0909. The summed E-state index contributed by atoms with van der Waals surface area (Å²) in [5, 5.41) is 4.08. The smallest absolute Gasteiger partial charge is 0.206 e. The van der Waals surface area contributed by atoms with Crippen LogP contribution in [-0.2, 0) is 7.05 Å². The normalized spacial score (nSPS) is 11.3. The van der Waals surface area contributed by atoms with Gasteiger partial charge in [0.1, 0.15) is 5.82 Å². The van der Waals surface area contributed by atoms with E-state index in [1.54, 1.807) is 27.7 Å². The monoisotopic (exact) mass is 357 g/mol. The molecule has 3 aromatic rings. The molecule has 92 valence electrons. The first-order valence-corrected chi connectivity index (χ1v) is 6.26. The summed E-state index contributed by atoms with van der Waals surface area (Å²) in [5.74, 6) is 0.0348. The molecule has 0 saturated heterocycles. The van der Waals surface area contributed by atoms with Crippen LogP contribution >= 0.6 is 22.6 Å². The van der Waals surface area contributed by atoms with Crippen molar-refractivity contribution >= 4 is 39.6 Å². The first kappa shape index (κ1) is 11.5. The maximum Gasteiger partial charge on any atom is 0.206 e. The lowest BCUT2D eigenvalue weighted by atomic mass is 10.3. The first-order valence-electron chi connectivity index (χ1n) is 5.18. The van der Waals surface area contributed by atoms with E-state index in [9.17, 15) is 4.39 Å². The van der Waals surface area contributed by atoms with Crippen molar-refractivity contribution in [3.63, 3.8) is 0 Å². The molecule has 0 fully saturated rings. The second kappa shape index (κ2) is 3.94. The summed E-state index contributed by atoms with van der Waals surface area (Å²) in [6.45, 7) is 0. The number of nitrogens with zero attached hydrogens (tertiary/aromatic N) is 4. The Morgan fingerprint density at radius 1 is 1.39 bits per heavy atom. The van der Waals surface area contributed by atoms with Gasteiger partial charge in [0, 0.05) is 19.3 Å². The molecule has 0 bridgehead atoms. The van der Waals surface area contributed by atoms with Crippen molar-refractivity contribution in [3.05, 3.63) is 33.9 Å². The van der Waals surface area contributed by atoms with Gasteiger partial charge in [-0.25, -0.2) is 9.37 Å². The highest BCUT2D eigenvalue weighted by Gasteiger charge is 2.13. The highest BCUT2D eigenvalue weighted by atomic mass is 127. The Kier molecular flexibility index (Phi) is 2.51. The number of hydrogen-bond donors (Lipinski definition) is 1. The van der Waals surface area contributed by atoms with Gasteiger partial charge in [-0.2, -0.15) is 5.10 Å². The summed E-state index contributed by atoms with van der Waals surface area (Å²) in [7, 11) is 1.81. The van der Waals surface area contributed by atoms with Crippen LogP contribution in [-0.4, -0.2) is 19.3 Å². The Labute approximate surface area is 116 Å². The number of aryl methyl sites for hydroxylation is 1. The molecule has 0 aliphatic heterocycles. The van der Waals surface area contributed by atoms with E-state index in [2.05, 4.69) is 10.1 Å². The summed E-state index contributed by atoms with van der Waals surface area (Å²) in [4.78, 5) is 4.23. The molecule has 5 nitrogen and oxygen atoms in total. The zero-order chi connectivity index (χ0) is 12.9. The van der Waals surface area contributed by atoms with E-state index in [4.69, 9.17) is 5.73 Å². The molecule has 0 aliphatic carbocycles. The highest BCUT2D eigenvalue weighted by Crippen LogP contribution is 2.25. The van der Waals surface area contributed by atoms with E-state index < -0.39 is 0 Å². The Morgan fingerprint density at radius 2 is 2.17 bits per heavy atom. The van der Waals surface area contributed by atoms with Gasteiger partial charge >= 0.3 is 0 Å². The van der Waals surface area contributed by atoms with E-state index in [-0.39, 0.29) is 5.82 Å². The third-order valence-electron chi connectivity index (χ3n) is 2.67. The summed E-state index contributed by atoms with van der Waals surface area (Å²) < 4.78 is 17.5. The van der Waals surface area contributed by atoms with Crippen LogP contribution in [0.4, 0.5) is 10.3 Å². The molecular formula is C11H9FIN5. The molecule has 0 radical (unpaired) electrons. The van der Waals surface area contributed by atoms with Gasteiger partial charge in [0.15, 0.2) is 0 Å². The largest absolute Gasteiger partial charge is 0.369 e. The molecule has 2 N–H and O–H groups in total. The number of halogens is 2. The van der Waals surface area contributed by atoms with Gasteiger partial charge in [-0.05, 0) is 28.7 Å². The average molecular weight is 357 g/mol. The Bertz CT molecular complexity index is 745. The van der Waals surface area contributed by atoms with E-state index in [1.165, 1.54) is 6.07 Å². The van der Waals surface area contributed by atoms with E-state index in [1.807, 2.05) is 29.6 Å². The van der Waals surface area contributed by atoms with Crippen LogP contribution in [0.1, 0.15) is 0 Å². The van der Waals surface area contributed by atoms with E-state index in [0.29, 0.717) is 20.6 Å². The minimum atomic E-state index is -0.284. The van der Waals surface area contributed by atoms with Crippen molar-refractivity contribution in [3.8, 4) is 5.69 Å². The lowest BCUT2D eigenvalue weighted by molar-refractivity contribution is 0.622. The Balaban J connectivity index is 2.35. The lowest BCUT2D eigenvalue weighted by Crippen LogP contribution is -1.99. The maximum atomic E-state index is 13.6. The second-order valence-electron chi connectivity index (χ2n) is 3.93. The molecule has 2 aromatic heterocycles. The highest BCUT2D eigenvalue weighted by molar-refractivity contribution is 14.1. The molecule has 0 unspecified atom stereocenters. The summed E-state index contributed by atoms with van der Waals surface area (Å²) in [5.41, 5.74) is 7.95. The fourth-order valence-corrected chi connectivity index (χ4v) is 2.34. The van der Waals surface area contributed by atoms with Crippen LogP contribution in [0.2, 0.25) is 0 Å². The number of rotatable bonds is 1. The molecule has 1 aromatic carbocycles. The zero-order valence-corrected chi connectivity index (χ0v) is 11.6. The number of aromatic nitrogens is 4. The average Bonchev–Trinajstić information content (AvgIpc) is 2.83. The van der Waals surface area contributed by atoms with Crippen LogP contribution in [0.15, 0.2) is 24.5 Å². The standard InChI is InChI=1S/C11H9FIN5/c1-17-5-6(4-15-17)18-10-2-7(12)8(13)3-9(10)16-11(18)14/h2-5H,1H3,(H2,14,16). The molecule has 3 rings (SSSR count). The maximum absolute atomic E-state index is 13.6. The predicted molar refractivity (Wildman–Crippen MR) is 74.9 cm³/mol. The molecule has 0 saturated carbocycles. The summed E-state index contributed by atoms with van der Waals surface area (Å²) in [6, 6.07) is 3.11. The van der Waals surface area contributed by atoms with Crippen molar-refractivity contribution in [2.45, 2.75) is 0 Å². The number of imidazole rings is 1. The molecule has 0 amide bonds. The van der Waals surface area contributed by atoms with Crippen molar-refractivity contribution in [1.29, 1.82) is 0 Å². The van der Waals surface area contributed by atoms with Crippen molar-refractivity contribution in [1.82, 2.24) is 19.3 Å². The Morgan fingerprint density at radius 3 is 2.83 bits per heavy atom. The van der Waals surface area contributed by atoms with Gasteiger partial charge in [0.25, 0.3) is 0 Å². The molecule has 2 heterocycles. The number of anilines is 1. The zero-order valence-electron chi connectivity index (χ0n) is 9.43. The van der Waals surface area contributed by atoms with E-state index in [0.717, 1.165) is 5.69 Å². The van der Waals surface area contributed by atoms with E-state index >= 15 is 0 Å². The third-order valence-corrected chi connectivity index (χ3v) is 3.50. The second-order valence-corrected chi connectivity index (χ2v) is 5.09. The van der Waals surface area contributed by atoms with Gasteiger partial charge in [-0.1, -0.05) is 0 Å². The van der Waals surface area contributed by atoms with Crippen molar-refractivity contribution < 1.29 is 4.39 Å². The van der Waals surface area contributed by atoms with Crippen molar-refractivity contribution in [2.24, 2.45) is 7.05 Å². The lowest BCUT2D eigenvalue weighted by Gasteiger charge is -2.02. The minimum Gasteiger partial charge on any atom is -0.369 e. The molecule has 7 heteroatoms. The van der Waals surface area contributed by atoms with Gasteiger partial charge in [-0.3, -0.25) is 9.25 Å². The van der Waals surface area contributed by atoms with Crippen LogP contribution in [0.25, 0.3) is 16.7 Å². The van der Waals surface area contributed by atoms with Crippen LogP contribution in [0.3, 0.4) is 0 Å². The van der Waals surface area contributed by atoms with Crippen LogP contribution in [0, 0.1) is 9.39 Å². The van der Waals surface area contributed by atoms with Gasteiger partial charge in [0.05, 0.1) is 26.5 Å². The summed E-state index contributed by atoms with van der Waals surface area (Å²) >= 11 is 1.93. The molecule has 0 aliphatic rings. The molecular weight excluding hydrogens is 348 g/mol. The van der Waals surface area contributed by atoms with Gasteiger partial charge < -0.3 is 5.73 Å². The number of nitrogens with two attached hydrogens (primary N) is 1. The number of benzene rings is 1. The molecule has 18 heavy (non-hydrogen) atoms. The SMILES string of the molecule is Cn1cc(-n2c(N)nc3cc(I)c(F)cc32)cn1. The molecule has 0 spiro atoms. The molecule has 0 atom stereocenters. The fourth-order valence-electron chi connectivity index (χ4n) is 1.89. The third kappa shape index (κ3) is 1.65. The Hall–Kier alpha value is -1.64. The summed E-state index contributed by atoms with van der Waals surface area (Å²) in [6.07, 6.45) is 3.46. The van der Waals surface area contributed by atoms with Crippen LogP contribution in [0.5, 0.6) is 0 Å². The van der Waals surface area contributed by atoms with Crippen LogP contribution < -0.4 is 5.73 Å². The predicted octanol–water partition coefficient (Wildman–Crippen LogP) is 2.08. The number of nitrogen functional groups attached to an aromatic ring is 1. The number of hydrogen-bond acceptors (Lipinski definition) is 3. The topological polar surface area (TPSA) is 61.7 Å². The first-order chi connectivity index (χ1) is 8.56. The van der Waals surface area contributed by atoms with Crippen molar-refractivity contribution in [2.75, 3.05) is 5.73 Å². The van der Waals surface area contributed by atoms with Gasteiger partial charge in [0.2, 0.25) is 5.95 Å². The quantitative estimate of drug-likeness (QED) is 0.679.